The molecule has 23 heavy (non-hydrogen) atoms. The third kappa shape index (κ3) is 4.88. The van der Waals surface area contributed by atoms with Crippen LogP contribution >= 0.6 is 0 Å². The predicted molar refractivity (Wildman–Crippen MR) is 90.1 cm³/mol. The number of hydrogen-bond acceptors (Lipinski definition) is 5. The van der Waals surface area contributed by atoms with Crippen molar-refractivity contribution in [3.8, 4) is 6.07 Å². The lowest BCUT2D eigenvalue weighted by molar-refractivity contribution is 0.105. The number of nitriles is 1. The zero-order chi connectivity index (χ0) is 16.9. The second kappa shape index (κ2) is 8.40. The molecule has 2 saturated heterocycles. The molecule has 132 valence electrons. The van der Waals surface area contributed by atoms with Crippen molar-refractivity contribution in [1.82, 2.24) is 18.4 Å². The molecule has 0 unspecified atom stereocenters. The fourth-order valence-corrected chi connectivity index (χ4v) is 4.68. The molecule has 0 aliphatic carbocycles. The highest BCUT2D eigenvalue weighted by Gasteiger charge is 2.31. The first-order valence-corrected chi connectivity index (χ1v) is 9.86. The van der Waals surface area contributed by atoms with Gasteiger partial charge in [-0.25, -0.2) is 0 Å². The summed E-state index contributed by atoms with van der Waals surface area (Å²) in [6.45, 7) is 5.11. The third-order valence-electron chi connectivity index (χ3n) is 4.98. The Morgan fingerprint density at radius 1 is 1.17 bits per heavy atom. The largest absolute Gasteiger partial charge is 0.302 e. The standard InChI is InChI=1S/C15H29N5O2S/c1-17-8-4-3-6-15(17)14-19-10-12-20(13-11-19)23(21,22)18(2)9-5-7-16/h15H,3-6,8-14H2,1-2H3/t15-/m1/s1. The van der Waals surface area contributed by atoms with Gasteiger partial charge in [0.15, 0.2) is 0 Å². The first-order valence-electron chi connectivity index (χ1n) is 8.46. The van der Waals surface area contributed by atoms with Crippen LogP contribution in [0.4, 0.5) is 0 Å². The lowest BCUT2D eigenvalue weighted by Crippen LogP contribution is -2.55. The first-order chi connectivity index (χ1) is 10.9. The van der Waals surface area contributed by atoms with Crippen LogP contribution in [-0.4, -0.2) is 92.8 Å². The molecule has 0 saturated carbocycles. The van der Waals surface area contributed by atoms with Crippen molar-refractivity contribution in [2.75, 3.05) is 59.9 Å². The van der Waals surface area contributed by atoms with Gasteiger partial charge in [-0.05, 0) is 26.4 Å². The Labute approximate surface area is 140 Å². The van der Waals surface area contributed by atoms with Crippen LogP contribution in [0.25, 0.3) is 0 Å². The van der Waals surface area contributed by atoms with Gasteiger partial charge in [-0.15, -0.1) is 0 Å². The Kier molecular flexibility index (Phi) is 6.80. The van der Waals surface area contributed by atoms with E-state index in [0.29, 0.717) is 19.1 Å². The van der Waals surface area contributed by atoms with E-state index >= 15 is 0 Å². The average molecular weight is 343 g/mol. The van der Waals surface area contributed by atoms with Gasteiger partial charge in [-0.1, -0.05) is 6.42 Å². The maximum Gasteiger partial charge on any atom is 0.281 e. The van der Waals surface area contributed by atoms with Gasteiger partial charge < -0.3 is 4.90 Å². The van der Waals surface area contributed by atoms with E-state index < -0.39 is 10.2 Å². The normalized spacial score (nSPS) is 25.6. The summed E-state index contributed by atoms with van der Waals surface area (Å²) >= 11 is 0. The molecule has 1 atom stereocenters. The Hall–Kier alpha value is -0.720. The molecule has 2 aliphatic heterocycles. The van der Waals surface area contributed by atoms with E-state index in [4.69, 9.17) is 5.26 Å². The number of nitrogens with zero attached hydrogens (tertiary/aromatic N) is 5. The molecule has 7 nitrogen and oxygen atoms in total. The zero-order valence-electron chi connectivity index (χ0n) is 14.3. The summed E-state index contributed by atoms with van der Waals surface area (Å²) in [5, 5.41) is 8.61. The number of likely N-dealkylation sites (tertiary alicyclic amines) is 1. The Morgan fingerprint density at radius 3 is 2.48 bits per heavy atom. The Morgan fingerprint density at radius 2 is 1.87 bits per heavy atom. The average Bonchev–Trinajstić information content (AvgIpc) is 2.55. The number of rotatable bonds is 6. The molecule has 0 radical (unpaired) electrons. The summed E-state index contributed by atoms with van der Waals surface area (Å²) in [5.41, 5.74) is 0. The first kappa shape index (κ1) is 18.6. The van der Waals surface area contributed by atoms with Crippen LogP contribution in [0.1, 0.15) is 25.7 Å². The van der Waals surface area contributed by atoms with Crippen LogP contribution in [0.15, 0.2) is 0 Å². The molecule has 0 aromatic rings. The van der Waals surface area contributed by atoms with E-state index in [9.17, 15) is 8.42 Å². The van der Waals surface area contributed by atoms with Crippen molar-refractivity contribution in [2.24, 2.45) is 0 Å². The van der Waals surface area contributed by atoms with E-state index in [-0.39, 0.29) is 13.0 Å². The molecule has 0 bridgehead atoms. The minimum Gasteiger partial charge on any atom is -0.302 e. The van der Waals surface area contributed by atoms with Gasteiger partial charge in [0.05, 0.1) is 6.07 Å². The summed E-state index contributed by atoms with van der Waals surface area (Å²) in [6.07, 6.45) is 4.05. The van der Waals surface area contributed by atoms with Gasteiger partial charge in [0, 0.05) is 58.8 Å². The molecule has 0 spiro atoms. The number of piperazine rings is 1. The maximum absolute atomic E-state index is 12.5. The molecule has 2 aliphatic rings. The quantitative estimate of drug-likeness (QED) is 0.688. The van der Waals surface area contributed by atoms with Crippen LogP contribution < -0.4 is 0 Å². The van der Waals surface area contributed by atoms with Crippen molar-refractivity contribution in [2.45, 2.75) is 31.7 Å². The van der Waals surface area contributed by atoms with Crippen molar-refractivity contribution < 1.29 is 8.42 Å². The lowest BCUT2D eigenvalue weighted by atomic mass is 10.0. The monoisotopic (exact) mass is 343 g/mol. The van der Waals surface area contributed by atoms with Gasteiger partial charge in [0.25, 0.3) is 10.2 Å². The molecular formula is C15H29N5O2S. The summed E-state index contributed by atoms with van der Waals surface area (Å²) < 4.78 is 27.8. The van der Waals surface area contributed by atoms with E-state index in [1.807, 2.05) is 6.07 Å². The van der Waals surface area contributed by atoms with Gasteiger partial charge in [-0.2, -0.15) is 22.3 Å². The Bertz CT molecular complexity index is 510. The van der Waals surface area contributed by atoms with E-state index in [1.54, 1.807) is 11.4 Å². The highest BCUT2D eigenvalue weighted by Crippen LogP contribution is 2.18. The zero-order valence-corrected chi connectivity index (χ0v) is 15.1. The Balaban J connectivity index is 1.82. The molecule has 2 rings (SSSR count). The molecule has 0 aromatic carbocycles. The number of likely N-dealkylation sites (N-methyl/N-ethyl adjacent to an activating group) is 1. The van der Waals surface area contributed by atoms with Crippen molar-refractivity contribution in [3.05, 3.63) is 0 Å². The van der Waals surface area contributed by atoms with Crippen molar-refractivity contribution in [3.63, 3.8) is 0 Å². The van der Waals surface area contributed by atoms with Crippen LogP contribution in [-0.2, 0) is 10.2 Å². The third-order valence-corrected chi connectivity index (χ3v) is 6.97. The molecule has 8 heteroatoms. The lowest BCUT2D eigenvalue weighted by Gasteiger charge is -2.40. The van der Waals surface area contributed by atoms with E-state index in [0.717, 1.165) is 19.6 Å². The number of piperidine rings is 1. The minimum atomic E-state index is -3.42. The molecule has 0 aromatic heterocycles. The van der Waals surface area contributed by atoms with Crippen LogP contribution in [0.3, 0.4) is 0 Å². The second-order valence-electron chi connectivity index (χ2n) is 6.57. The van der Waals surface area contributed by atoms with E-state index in [1.165, 1.54) is 30.1 Å². The maximum atomic E-state index is 12.5. The van der Waals surface area contributed by atoms with Crippen LogP contribution in [0.2, 0.25) is 0 Å². The smallest absolute Gasteiger partial charge is 0.281 e. The molecule has 2 heterocycles. The van der Waals surface area contributed by atoms with Crippen LogP contribution in [0.5, 0.6) is 0 Å². The van der Waals surface area contributed by atoms with Gasteiger partial charge in [-0.3, -0.25) is 4.90 Å². The summed E-state index contributed by atoms with van der Waals surface area (Å²) in [5.74, 6) is 0. The topological polar surface area (TPSA) is 70.9 Å². The number of hydrogen-bond donors (Lipinski definition) is 0. The second-order valence-corrected chi connectivity index (χ2v) is 8.60. The molecule has 0 amide bonds. The van der Waals surface area contributed by atoms with Gasteiger partial charge >= 0.3 is 0 Å². The predicted octanol–water partition coefficient (Wildman–Crippen LogP) is 0.179. The van der Waals surface area contributed by atoms with Gasteiger partial charge in [0.2, 0.25) is 0 Å². The van der Waals surface area contributed by atoms with Crippen LogP contribution in [0, 0.1) is 11.3 Å². The summed E-state index contributed by atoms with van der Waals surface area (Å²) in [4.78, 5) is 4.82. The van der Waals surface area contributed by atoms with Crippen molar-refractivity contribution >= 4 is 10.2 Å². The SMILES string of the molecule is CN1CCCC[C@@H]1CN1CCN(S(=O)(=O)N(C)CCC#N)CC1. The highest BCUT2D eigenvalue weighted by molar-refractivity contribution is 7.86. The fourth-order valence-electron chi connectivity index (χ4n) is 3.34. The highest BCUT2D eigenvalue weighted by atomic mass is 32.2. The summed E-state index contributed by atoms with van der Waals surface area (Å²) in [7, 11) is 0.318. The van der Waals surface area contributed by atoms with Gasteiger partial charge in [0.1, 0.15) is 0 Å². The fraction of sp³-hybridized carbons (Fsp3) is 0.933. The molecular weight excluding hydrogens is 314 g/mol. The van der Waals surface area contributed by atoms with E-state index in [2.05, 4.69) is 16.8 Å². The molecule has 2 fully saturated rings. The van der Waals surface area contributed by atoms with Crippen molar-refractivity contribution in [1.29, 1.82) is 5.26 Å². The summed E-state index contributed by atoms with van der Waals surface area (Å²) in [6, 6.07) is 2.59. The molecule has 0 N–H and O–H groups in total. The minimum absolute atomic E-state index is 0.226.